The maximum atomic E-state index is 5.86. The van der Waals surface area contributed by atoms with E-state index in [9.17, 15) is 0 Å². The zero-order chi connectivity index (χ0) is 12.1. The van der Waals surface area contributed by atoms with E-state index in [1.165, 1.54) is 19.4 Å². The fraction of sp³-hybridized carbons (Fsp3) is 0.917. The van der Waals surface area contributed by atoms with Gasteiger partial charge in [0.1, 0.15) is 0 Å². The average Bonchev–Trinajstić information content (AvgIpc) is 2.81. The first-order valence-corrected chi connectivity index (χ1v) is 7.07. The largest absolute Gasteiger partial charge is 0.373 e. The van der Waals surface area contributed by atoms with Crippen LogP contribution in [0.5, 0.6) is 0 Å². The molecule has 2 rings (SSSR count). The Bertz CT molecular complexity index is 262. The summed E-state index contributed by atoms with van der Waals surface area (Å²) < 4.78 is 5.86. The second-order valence-corrected chi connectivity index (χ2v) is 5.29. The van der Waals surface area contributed by atoms with Crippen molar-refractivity contribution in [1.29, 1.82) is 0 Å². The molecule has 0 saturated carbocycles. The molecule has 0 aromatic carbocycles. The minimum Gasteiger partial charge on any atom is -0.373 e. The van der Waals surface area contributed by atoms with E-state index in [-0.39, 0.29) is 6.10 Å². The monoisotopic (exact) mass is 257 g/mol. The first kappa shape index (κ1) is 13.1. The molecule has 0 radical (unpaired) electrons. The number of ether oxygens (including phenoxy) is 1. The molecule has 4 nitrogen and oxygen atoms in total. The van der Waals surface area contributed by atoms with Crippen LogP contribution in [-0.2, 0) is 4.74 Å². The second-order valence-electron chi connectivity index (χ2n) is 4.88. The van der Waals surface area contributed by atoms with E-state index in [4.69, 9.17) is 17.0 Å². The molecule has 0 spiro atoms. The van der Waals surface area contributed by atoms with Gasteiger partial charge in [0.25, 0.3) is 0 Å². The summed E-state index contributed by atoms with van der Waals surface area (Å²) >= 11 is 5.19. The van der Waals surface area contributed by atoms with E-state index in [0.29, 0.717) is 6.04 Å². The van der Waals surface area contributed by atoms with Crippen molar-refractivity contribution >= 4 is 17.3 Å². The number of fused-ring (bicyclic) bond motifs is 1. The summed E-state index contributed by atoms with van der Waals surface area (Å²) in [6, 6.07) is 0.677. The summed E-state index contributed by atoms with van der Waals surface area (Å²) in [5, 5.41) is 7.15. The Morgan fingerprint density at radius 3 is 3.18 bits per heavy atom. The summed E-state index contributed by atoms with van der Waals surface area (Å²) in [7, 11) is 0. The van der Waals surface area contributed by atoms with Gasteiger partial charge in [-0.25, -0.2) is 0 Å². The molecule has 5 heteroatoms. The van der Waals surface area contributed by atoms with Gasteiger partial charge in [-0.15, -0.1) is 0 Å². The highest BCUT2D eigenvalue weighted by molar-refractivity contribution is 7.80. The van der Waals surface area contributed by atoms with E-state index < -0.39 is 0 Å². The van der Waals surface area contributed by atoms with Gasteiger partial charge >= 0.3 is 0 Å². The molecule has 2 saturated heterocycles. The minimum atomic E-state index is 0.283. The molecule has 0 aliphatic carbocycles. The van der Waals surface area contributed by atoms with Crippen LogP contribution >= 0.6 is 12.2 Å². The molecule has 0 aromatic rings. The Hall–Kier alpha value is -0.390. The van der Waals surface area contributed by atoms with Gasteiger partial charge in [-0.2, -0.15) is 0 Å². The lowest BCUT2D eigenvalue weighted by Crippen LogP contribution is -2.51. The van der Waals surface area contributed by atoms with Crippen molar-refractivity contribution in [2.75, 3.05) is 32.8 Å². The Morgan fingerprint density at radius 2 is 2.35 bits per heavy atom. The lowest BCUT2D eigenvalue weighted by atomic mass is 10.2. The first-order chi connectivity index (χ1) is 8.29. The van der Waals surface area contributed by atoms with Crippen LogP contribution in [0.3, 0.4) is 0 Å². The van der Waals surface area contributed by atoms with Crippen LogP contribution in [0, 0.1) is 0 Å². The number of hydrogen-bond acceptors (Lipinski definition) is 3. The molecule has 2 N–H and O–H groups in total. The lowest BCUT2D eigenvalue weighted by Gasteiger charge is -2.35. The molecule has 2 atom stereocenters. The Kier molecular flexibility index (Phi) is 5.00. The number of hydrogen-bond donors (Lipinski definition) is 2. The number of rotatable bonds is 4. The van der Waals surface area contributed by atoms with E-state index in [2.05, 4.69) is 22.5 Å². The minimum absolute atomic E-state index is 0.283. The van der Waals surface area contributed by atoms with E-state index in [0.717, 1.165) is 37.8 Å². The van der Waals surface area contributed by atoms with Gasteiger partial charge in [-0.05, 0) is 38.0 Å². The number of morpholine rings is 1. The summed E-state index contributed by atoms with van der Waals surface area (Å²) in [6.07, 6.45) is 4.00. The van der Waals surface area contributed by atoms with Crippen molar-refractivity contribution in [3.63, 3.8) is 0 Å². The Morgan fingerprint density at radius 1 is 1.47 bits per heavy atom. The number of thiocarbonyl (C=S) groups is 1. The molecule has 2 aliphatic rings. The Balaban J connectivity index is 1.64. The molecule has 0 amide bonds. The predicted molar refractivity (Wildman–Crippen MR) is 73.2 cm³/mol. The first-order valence-electron chi connectivity index (χ1n) is 6.67. The van der Waals surface area contributed by atoms with Crippen molar-refractivity contribution in [2.45, 2.75) is 38.3 Å². The fourth-order valence-corrected chi connectivity index (χ4v) is 2.70. The van der Waals surface area contributed by atoms with E-state index >= 15 is 0 Å². The third-order valence-electron chi connectivity index (χ3n) is 3.49. The van der Waals surface area contributed by atoms with Crippen LogP contribution in [0.2, 0.25) is 0 Å². The molecule has 17 heavy (non-hydrogen) atoms. The molecule has 2 fully saturated rings. The van der Waals surface area contributed by atoms with Crippen LogP contribution in [0.1, 0.15) is 26.2 Å². The van der Waals surface area contributed by atoms with Gasteiger partial charge in [0.05, 0.1) is 12.7 Å². The zero-order valence-corrected chi connectivity index (χ0v) is 11.4. The zero-order valence-electron chi connectivity index (χ0n) is 10.6. The third-order valence-corrected chi connectivity index (χ3v) is 3.78. The molecule has 0 aromatic heterocycles. The standard InChI is InChI=1S/C12H23N3OS/c1-2-5-13-12(17)14-7-11-8-15-6-3-4-10(15)9-16-11/h10-11H,2-9H2,1H3,(H2,13,14,17). The van der Waals surface area contributed by atoms with Gasteiger partial charge in [0, 0.05) is 25.7 Å². The van der Waals surface area contributed by atoms with Crippen molar-refractivity contribution in [1.82, 2.24) is 15.5 Å². The topological polar surface area (TPSA) is 36.5 Å². The SMILES string of the molecule is CCCNC(=S)NCC1CN2CCCC2CO1. The van der Waals surface area contributed by atoms with Gasteiger partial charge < -0.3 is 15.4 Å². The smallest absolute Gasteiger partial charge is 0.166 e. The van der Waals surface area contributed by atoms with Crippen molar-refractivity contribution < 1.29 is 4.74 Å². The summed E-state index contributed by atoms with van der Waals surface area (Å²) in [5.41, 5.74) is 0. The quantitative estimate of drug-likeness (QED) is 0.726. The van der Waals surface area contributed by atoms with Gasteiger partial charge in [-0.3, -0.25) is 4.90 Å². The number of nitrogens with zero attached hydrogens (tertiary/aromatic N) is 1. The van der Waals surface area contributed by atoms with E-state index in [1.54, 1.807) is 0 Å². The normalized spacial score (nSPS) is 28.8. The highest BCUT2D eigenvalue weighted by atomic mass is 32.1. The molecular weight excluding hydrogens is 234 g/mol. The molecule has 2 unspecified atom stereocenters. The third kappa shape index (κ3) is 3.79. The highest BCUT2D eigenvalue weighted by Crippen LogP contribution is 2.22. The maximum Gasteiger partial charge on any atom is 0.166 e. The fourth-order valence-electron chi connectivity index (χ4n) is 2.52. The predicted octanol–water partition coefficient (Wildman–Crippen LogP) is 0.724. The highest BCUT2D eigenvalue weighted by Gasteiger charge is 2.31. The maximum absolute atomic E-state index is 5.86. The Labute approximate surface area is 109 Å². The van der Waals surface area contributed by atoms with Gasteiger partial charge in [0.2, 0.25) is 0 Å². The second kappa shape index (κ2) is 6.52. The van der Waals surface area contributed by atoms with Crippen LogP contribution in [-0.4, -0.2) is 54.9 Å². The van der Waals surface area contributed by atoms with Crippen LogP contribution in [0.4, 0.5) is 0 Å². The molecule has 2 heterocycles. The molecule has 2 aliphatic heterocycles. The van der Waals surface area contributed by atoms with E-state index in [1.807, 2.05) is 0 Å². The summed E-state index contributed by atoms with van der Waals surface area (Å²) in [4.78, 5) is 2.55. The van der Waals surface area contributed by atoms with Crippen molar-refractivity contribution in [3.8, 4) is 0 Å². The van der Waals surface area contributed by atoms with Crippen molar-refractivity contribution in [3.05, 3.63) is 0 Å². The van der Waals surface area contributed by atoms with Gasteiger partial charge in [0.15, 0.2) is 5.11 Å². The molecule has 98 valence electrons. The van der Waals surface area contributed by atoms with Crippen LogP contribution in [0.15, 0.2) is 0 Å². The van der Waals surface area contributed by atoms with Crippen LogP contribution in [0.25, 0.3) is 0 Å². The van der Waals surface area contributed by atoms with Crippen molar-refractivity contribution in [2.24, 2.45) is 0 Å². The lowest BCUT2D eigenvalue weighted by molar-refractivity contribution is -0.0452. The molecule has 0 bridgehead atoms. The molecular formula is C12H23N3OS. The summed E-state index contributed by atoms with van der Waals surface area (Å²) in [5.74, 6) is 0. The summed E-state index contributed by atoms with van der Waals surface area (Å²) in [6.45, 7) is 7.07. The average molecular weight is 257 g/mol. The van der Waals surface area contributed by atoms with Crippen LogP contribution < -0.4 is 10.6 Å². The number of nitrogens with one attached hydrogen (secondary N) is 2. The van der Waals surface area contributed by atoms with Gasteiger partial charge in [-0.1, -0.05) is 6.92 Å².